The van der Waals surface area contributed by atoms with E-state index in [2.05, 4.69) is 34.3 Å². The first-order chi connectivity index (χ1) is 34.2. The number of thioether (sulfide) groups is 1. The molecule has 2 unspecified atom stereocenters. The predicted octanol–water partition coefficient (Wildman–Crippen LogP) is 9.64. The molecule has 7 heterocycles. The molecule has 14 nitrogen and oxygen atoms in total. The quantitative estimate of drug-likeness (QED) is 0.122. The first kappa shape index (κ1) is 46.9. The van der Waals surface area contributed by atoms with Crippen LogP contribution in [-0.2, 0) is 39.3 Å². The van der Waals surface area contributed by atoms with Crippen LogP contribution in [0.15, 0.2) is 78.9 Å². The van der Waals surface area contributed by atoms with E-state index in [9.17, 15) is 10.1 Å². The van der Waals surface area contributed by atoms with Crippen LogP contribution in [0.2, 0.25) is 0 Å². The van der Waals surface area contributed by atoms with Gasteiger partial charge in [0.2, 0.25) is 6.79 Å². The number of piperazine rings is 1. The predicted molar refractivity (Wildman–Crippen MR) is 266 cm³/mol. The molecule has 1 spiro atoms. The van der Waals surface area contributed by atoms with E-state index in [0.29, 0.717) is 65.2 Å². The lowest BCUT2D eigenvalue weighted by Crippen LogP contribution is -2.69. The minimum atomic E-state index is -1.32. The lowest BCUT2D eigenvalue weighted by Gasteiger charge is -2.62. The molecule has 4 bridgehead atoms. The summed E-state index contributed by atoms with van der Waals surface area (Å²) < 4.78 is 51.2. The number of nitriles is 1. The molecule has 0 aromatic heterocycles. The number of hydrogen-bond acceptors (Lipinski definition) is 15. The van der Waals surface area contributed by atoms with Crippen LogP contribution < -0.4 is 33.7 Å². The zero-order valence-corrected chi connectivity index (χ0v) is 42.1. The number of hydrogen-bond donors (Lipinski definition) is 1. The number of carbonyl (C=O) groups excluding carboxylic acids is 2. The van der Waals surface area contributed by atoms with Gasteiger partial charge in [-0.3, -0.25) is 15.1 Å². The van der Waals surface area contributed by atoms with Crippen molar-refractivity contribution < 1.29 is 47.5 Å². The van der Waals surface area contributed by atoms with Crippen LogP contribution in [0.4, 0.5) is 4.79 Å². The van der Waals surface area contributed by atoms with Gasteiger partial charge in [-0.1, -0.05) is 54.6 Å². The number of nitrogens with one attached hydrogen (secondary N) is 1. The maximum atomic E-state index is 15.3. The van der Waals surface area contributed by atoms with Gasteiger partial charge in [-0.15, -0.1) is 11.8 Å². The molecule has 15 heteroatoms. The number of para-hydroxylation sites is 1. The number of benzene rings is 5. The molecule has 7 atom stereocenters. The molecule has 2 fully saturated rings. The van der Waals surface area contributed by atoms with Crippen molar-refractivity contribution in [3.8, 4) is 46.3 Å². The Labute approximate surface area is 418 Å². The minimum Gasteiger partial charge on any atom is -0.493 e. The van der Waals surface area contributed by atoms with Gasteiger partial charge in [0.05, 0.1) is 30.5 Å². The maximum absolute atomic E-state index is 15.3. The molecule has 12 rings (SSSR count). The smallest absolute Gasteiger partial charge is 0.493 e. The molecule has 7 aliphatic rings. The van der Waals surface area contributed by atoms with Crippen LogP contribution in [0.1, 0.15) is 93.7 Å². The van der Waals surface area contributed by atoms with Crippen LogP contribution >= 0.6 is 11.8 Å². The molecular formula is C56H58N4O10S. The van der Waals surface area contributed by atoms with E-state index in [1.807, 2.05) is 93.6 Å². The highest BCUT2D eigenvalue weighted by Gasteiger charge is 2.62. The largest absolute Gasteiger partial charge is 0.514 e. The number of likely N-dealkylation sites (N-methyl/N-ethyl adjacent to an activating group) is 1. The van der Waals surface area contributed by atoms with Crippen LogP contribution in [0.3, 0.4) is 0 Å². The monoisotopic (exact) mass is 978 g/mol. The van der Waals surface area contributed by atoms with Crippen LogP contribution in [0.5, 0.6) is 40.2 Å². The fraction of sp³-hybridized carbons (Fsp3) is 0.411. The Morgan fingerprint density at radius 2 is 1.66 bits per heavy atom. The summed E-state index contributed by atoms with van der Waals surface area (Å²) in [7, 11) is 3.80. The Balaban J connectivity index is 1.13. The summed E-state index contributed by atoms with van der Waals surface area (Å²) in [6, 6.07) is 26.2. The van der Waals surface area contributed by atoms with Crippen LogP contribution in [0.25, 0.3) is 0 Å². The SMILES string of the molecule is COc1c(C)cc2c(c1Oc1ccccc1)C1C3[C@@H]4SC[C@]5(NCCc6cc(OC(=O)OC(C)(C)C)c(C)cc65)C(=O)OC[C@@H](c5c6c(c(C)c(OCc7ccccc7)c54)OCO6)N3[C@@H](C#N)[C@@H](C2)N1C. The number of aryl methyl sites for hydroxylation is 2. The van der Waals surface area contributed by atoms with Crippen LogP contribution in [0, 0.1) is 32.1 Å². The summed E-state index contributed by atoms with van der Waals surface area (Å²) in [5, 5.41) is 14.8. The highest BCUT2D eigenvalue weighted by Crippen LogP contribution is 2.65. The van der Waals surface area contributed by atoms with Crippen molar-refractivity contribution in [2.75, 3.05) is 39.9 Å². The Bertz CT molecular complexity index is 2990. The summed E-state index contributed by atoms with van der Waals surface area (Å²) >= 11 is 1.64. The lowest BCUT2D eigenvalue weighted by atomic mass is 9.71. The summed E-state index contributed by atoms with van der Waals surface area (Å²) in [6.07, 6.45) is 0.339. The number of ether oxygens (including phenoxy) is 8. The highest BCUT2D eigenvalue weighted by atomic mass is 32.2. The third-order valence-corrected chi connectivity index (χ3v) is 16.4. The van der Waals surface area contributed by atoms with Gasteiger partial charge in [-0.05, 0) is 119 Å². The second-order valence-corrected chi connectivity index (χ2v) is 21.5. The zero-order valence-electron chi connectivity index (χ0n) is 41.3. The van der Waals surface area contributed by atoms with E-state index >= 15 is 4.79 Å². The van der Waals surface area contributed by atoms with Gasteiger partial charge >= 0.3 is 12.1 Å². The van der Waals surface area contributed by atoms with E-state index in [-0.39, 0.29) is 37.8 Å². The maximum Gasteiger partial charge on any atom is 0.514 e. The van der Waals surface area contributed by atoms with Gasteiger partial charge < -0.3 is 37.9 Å². The number of nitrogens with zero attached hydrogens (tertiary/aromatic N) is 3. The number of rotatable bonds is 7. The van der Waals surface area contributed by atoms with Crippen molar-refractivity contribution in [3.05, 3.63) is 134 Å². The third kappa shape index (κ3) is 7.82. The van der Waals surface area contributed by atoms with Gasteiger partial charge in [-0.25, -0.2) is 9.59 Å². The normalized spacial score (nSPS) is 25.1. The van der Waals surface area contributed by atoms with Crippen molar-refractivity contribution >= 4 is 23.9 Å². The molecule has 5 aromatic carbocycles. The minimum absolute atomic E-state index is 0.00364. The molecule has 2 saturated heterocycles. The first-order valence-electron chi connectivity index (χ1n) is 24.2. The average molecular weight is 979 g/mol. The molecular weight excluding hydrogens is 921 g/mol. The summed E-state index contributed by atoms with van der Waals surface area (Å²) in [5.74, 6) is 3.91. The summed E-state index contributed by atoms with van der Waals surface area (Å²) in [6.45, 7) is 11.9. The Morgan fingerprint density at radius 3 is 2.39 bits per heavy atom. The first-order valence-corrected chi connectivity index (χ1v) is 25.3. The van der Waals surface area contributed by atoms with E-state index < -0.39 is 46.6 Å². The van der Waals surface area contributed by atoms with Gasteiger partial charge in [0, 0.05) is 46.6 Å². The van der Waals surface area contributed by atoms with Gasteiger partial charge in [0.15, 0.2) is 28.5 Å². The van der Waals surface area contributed by atoms with E-state index in [1.165, 1.54) is 0 Å². The lowest BCUT2D eigenvalue weighted by molar-refractivity contribution is -0.157. The molecule has 71 heavy (non-hydrogen) atoms. The molecule has 0 saturated carbocycles. The number of fused-ring (bicyclic) bond motifs is 9. The molecule has 0 radical (unpaired) electrons. The molecule has 1 N–H and O–H groups in total. The third-order valence-electron chi connectivity index (χ3n) is 14.9. The summed E-state index contributed by atoms with van der Waals surface area (Å²) in [4.78, 5) is 33.0. The van der Waals surface area contributed by atoms with E-state index in [0.717, 1.165) is 50.1 Å². The standard InChI is InChI=1S/C56H58N4O10S/c1-30-22-37-34(24-41(30)69-54(62)70-55(4,5)6)19-20-58-56(37)28-71-52-44-43(50-49(66-29-67-50)32(3)48(44)64-26-33-15-11-9-12-16-33)40(27-65-53(56)61)60-39(25-57)38-23-35-21-31(2)47(63-8)51(68-36-17-13-10-14-18-36)42(35)45(46(52)60)59(38)7/h9-18,21-22,24,38-40,45-46,52,58H,19-20,23,26-29H2,1-8H3/t38-,39+,40+,45?,46?,52-,56-/m1/s1. The van der Waals surface area contributed by atoms with Crippen molar-refractivity contribution in [3.63, 3.8) is 0 Å². The highest BCUT2D eigenvalue weighted by molar-refractivity contribution is 7.99. The average Bonchev–Trinajstić information content (AvgIpc) is 3.84. The van der Waals surface area contributed by atoms with Gasteiger partial charge in [0.25, 0.3) is 0 Å². The Morgan fingerprint density at radius 1 is 0.915 bits per heavy atom. The van der Waals surface area contributed by atoms with Gasteiger partial charge in [0.1, 0.15) is 42.1 Å². The second kappa shape index (κ2) is 18.0. The molecule has 0 aliphatic carbocycles. The van der Waals surface area contributed by atoms with E-state index in [4.69, 9.17) is 37.9 Å². The fourth-order valence-electron chi connectivity index (χ4n) is 11.9. The van der Waals surface area contributed by atoms with Crippen molar-refractivity contribution in [2.24, 2.45) is 0 Å². The molecule has 368 valence electrons. The number of carbonyl (C=O) groups is 2. The summed E-state index contributed by atoms with van der Waals surface area (Å²) in [5.41, 5.74) is 6.73. The second-order valence-electron chi connectivity index (χ2n) is 20.3. The Kier molecular flexibility index (Phi) is 11.9. The molecule has 7 aliphatic heterocycles. The van der Waals surface area contributed by atoms with Crippen molar-refractivity contribution in [2.45, 2.75) is 108 Å². The number of esters is 1. The number of methoxy groups -OCH3 is 1. The topological polar surface area (TPSA) is 150 Å². The fourth-order valence-corrected chi connectivity index (χ4v) is 13.6. The van der Waals surface area contributed by atoms with E-state index in [1.54, 1.807) is 39.6 Å². The van der Waals surface area contributed by atoms with Crippen molar-refractivity contribution in [1.29, 1.82) is 5.26 Å². The van der Waals surface area contributed by atoms with Gasteiger partial charge in [-0.2, -0.15) is 5.26 Å². The molecule has 5 aromatic rings. The Hall–Kier alpha value is -6.44. The zero-order chi connectivity index (χ0) is 49.5. The van der Waals surface area contributed by atoms with Crippen LogP contribution in [-0.4, -0.2) is 85.5 Å². The van der Waals surface area contributed by atoms with Crippen molar-refractivity contribution in [1.82, 2.24) is 15.1 Å². The molecule has 0 amide bonds.